The molecule has 3 atom stereocenters. The highest BCUT2D eigenvalue weighted by Gasteiger charge is 2.30. The highest BCUT2D eigenvalue weighted by molar-refractivity contribution is 5.93. The molecule has 1 saturated carbocycles. The molecule has 0 amide bonds. The minimum atomic E-state index is -0.0109. The molecule has 1 fully saturated rings. The molecule has 2 aliphatic carbocycles. The van der Waals surface area contributed by atoms with Gasteiger partial charge in [0.15, 0.2) is 0 Å². The second-order valence-corrected chi connectivity index (χ2v) is 28.3. The lowest BCUT2D eigenvalue weighted by molar-refractivity contribution is 0.202. The maximum atomic E-state index is 5.93. The molecule has 1 unspecified atom stereocenters. The van der Waals surface area contributed by atoms with Crippen molar-refractivity contribution in [2.45, 2.75) is 162 Å². The van der Waals surface area contributed by atoms with E-state index in [2.05, 4.69) is 205 Å². The normalized spacial score (nSPS) is 15.5. The lowest BCUT2D eigenvalue weighted by Crippen LogP contribution is -2.12. The van der Waals surface area contributed by atoms with E-state index < -0.39 is 0 Å². The molecule has 0 N–H and O–H groups in total. The number of ether oxygens (including phenoxy) is 3. The molecule has 534 valence electrons. The molecule has 13 heteroatoms. The van der Waals surface area contributed by atoms with Crippen molar-refractivity contribution in [2.24, 2.45) is 20.0 Å². The van der Waals surface area contributed by atoms with Gasteiger partial charge in [0.05, 0.1) is 72.7 Å². The highest BCUT2D eigenvalue weighted by atomic mass is 16.5. The molecule has 11 aromatic rings. The van der Waals surface area contributed by atoms with Gasteiger partial charge in [0, 0.05) is 66.8 Å². The predicted molar refractivity (Wildman–Crippen MR) is 430 cm³/mol. The topological polar surface area (TPSA) is 154 Å². The van der Waals surface area contributed by atoms with Crippen LogP contribution in [0, 0.1) is 6.92 Å². The van der Waals surface area contributed by atoms with Gasteiger partial charge in [-0.2, -0.15) is 0 Å². The summed E-state index contributed by atoms with van der Waals surface area (Å²) >= 11 is 0. The number of para-hydroxylation sites is 1. The summed E-state index contributed by atoms with van der Waals surface area (Å²) in [6.45, 7) is 22.0. The lowest BCUT2D eigenvalue weighted by atomic mass is 9.85. The molecule has 5 aromatic carbocycles. The third-order valence-electron chi connectivity index (χ3n) is 18.0. The fourth-order valence-electron chi connectivity index (χ4n) is 12.1. The second kappa shape index (κ2) is 39.5. The monoisotopic (exact) mass is 1380 g/mol. The number of aromatic nitrogens is 6. The van der Waals surface area contributed by atoms with E-state index in [0.29, 0.717) is 23.9 Å². The fraction of sp³-hybridized carbons (Fsp3) is 0.297. The van der Waals surface area contributed by atoms with Gasteiger partial charge in [0.2, 0.25) is 5.90 Å². The molecule has 3 aliphatic rings. The molecule has 0 radical (unpaired) electrons. The molecule has 0 spiro atoms. The fourth-order valence-corrected chi connectivity index (χ4v) is 12.1. The Kier molecular flexibility index (Phi) is 29.3. The van der Waals surface area contributed by atoms with Crippen molar-refractivity contribution < 1.29 is 14.2 Å². The van der Waals surface area contributed by atoms with Crippen LogP contribution >= 0.6 is 0 Å². The van der Waals surface area contributed by atoms with Crippen molar-refractivity contribution in [3.8, 4) is 34.0 Å². The summed E-state index contributed by atoms with van der Waals surface area (Å²) in [6.07, 6.45) is 26.5. The number of methoxy groups -OCH3 is 2. The van der Waals surface area contributed by atoms with Crippen molar-refractivity contribution in [3.63, 3.8) is 0 Å². The van der Waals surface area contributed by atoms with E-state index in [1.54, 1.807) is 39.0 Å². The molecule has 1 aliphatic heterocycles. The van der Waals surface area contributed by atoms with E-state index in [1.807, 2.05) is 158 Å². The number of hydrogen-bond donors (Lipinski definition) is 0. The van der Waals surface area contributed by atoms with Gasteiger partial charge in [-0.05, 0) is 187 Å². The van der Waals surface area contributed by atoms with E-state index in [4.69, 9.17) is 19.2 Å². The Morgan fingerprint density at radius 1 is 0.471 bits per heavy atom. The Morgan fingerprint density at radius 2 is 1.02 bits per heavy atom. The van der Waals surface area contributed by atoms with Gasteiger partial charge < -0.3 is 14.2 Å². The Labute approximate surface area is 618 Å². The van der Waals surface area contributed by atoms with Gasteiger partial charge in [0.1, 0.15) is 23.3 Å². The van der Waals surface area contributed by atoms with Gasteiger partial charge in [-0.3, -0.25) is 44.9 Å². The molecule has 7 heterocycles. The molecule has 0 saturated heterocycles. The number of fused-ring (bicyclic) bond motifs is 1. The van der Waals surface area contributed by atoms with E-state index >= 15 is 0 Å². The quantitative estimate of drug-likeness (QED) is 0.103. The summed E-state index contributed by atoms with van der Waals surface area (Å²) in [5, 5.41) is 0. The maximum Gasteiger partial charge on any atom is 0.236 e. The summed E-state index contributed by atoms with van der Waals surface area (Å²) in [5.74, 6) is 2.73. The van der Waals surface area contributed by atoms with Crippen LogP contribution in [0.4, 0.5) is 5.69 Å². The molecule has 104 heavy (non-hydrogen) atoms. The third-order valence-corrected chi connectivity index (χ3v) is 18.0. The van der Waals surface area contributed by atoms with Crippen LogP contribution in [-0.4, -0.2) is 80.7 Å². The van der Waals surface area contributed by atoms with Gasteiger partial charge in [0.25, 0.3) is 0 Å². The number of benzene rings is 5. The zero-order chi connectivity index (χ0) is 73.5. The van der Waals surface area contributed by atoms with Crippen molar-refractivity contribution in [2.75, 3.05) is 14.2 Å². The van der Waals surface area contributed by atoms with Crippen LogP contribution < -0.4 is 9.47 Å². The highest BCUT2D eigenvalue weighted by Crippen LogP contribution is 2.35. The van der Waals surface area contributed by atoms with E-state index in [-0.39, 0.29) is 23.0 Å². The zero-order valence-corrected chi connectivity index (χ0v) is 62.7. The van der Waals surface area contributed by atoms with E-state index in [9.17, 15) is 0 Å². The van der Waals surface area contributed by atoms with Crippen molar-refractivity contribution in [1.82, 2.24) is 29.9 Å². The summed E-state index contributed by atoms with van der Waals surface area (Å²) < 4.78 is 16.3. The predicted octanol–water partition coefficient (Wildman–Crippen LogP) is 21.8. The van der Waals surface area contributed by atoms with Crippen LogP contribution in [0.1, 0.15) is 187 Å². The lowest BCUT2D eigenvalue weighted by Gasteiger charge is -2.22. The Morgan fingerprint density at radius 3 is 1.64 bits per heavy atom. The molecule has 0 bridgehead atoms. The minimum absolute atomic E-state index is 0.0109. The van der Waals surface area contributed by atoms with Gasteiger partial charge in [-0.1, -0.05) is 202 Å². The summed E-state index contributed by atoms with van der Waals surface area (Å²) in [4.78, 5) is 44.3. The number of nitrogens with zero attached hydrogens (tertiary/aromatic N) is 10. The number of aliphatic imine (C=N–C) groups is 4. The first-order valence-electron chi connectivity index (χ1n) is 36.4. The smallest absolute Gasteiger partial charge is 0.236 e. The molecular weight excluding hydrogens is 1280 g/mol. The number of aryl methyl sites for hydroxylation is 2. The van der Waals surface area contributed by atoms with Crippen LogP contribution in [0.5, 0.6) is 11.5 Å². The van der Waals surface area contributed by atoms with Gasteiger partial charge in [-0.15, -0.1) is 0 Å². The van der Waals surface area contributed by atoms with Crippen LogP contribution in [0.25, 0.3) is 22.5 Å². The summed E-state index contributed by atoms with van der Waals surface area (Å²) in [5.41, 5.74) is 18.2. The summed E-state index contributed by atoms with van der Waals surface area (Å²) in [7, 11) is 3.29. The molecular formula is C91H102N10O3. The third kappa shape index (κ3) is 24.1. The summed E-state index contributed by atoms with van der Waals surface area (Å²) in [6, 6.07) is 74.0. The largest absolute Gasteiger partial charge is 0.497 e. The number of hydrogen-bond acceptors (Lipinski definition) is 13. The SMILES string of the molecule is C(=NC1CCCCC1)c1ccccn1.C(=NC1CCCc2ccccc21)c1ccccn1.CC(C)(C)c1cccc(-c2cc(C(C)(C)C)ccn2)c1.COc1cccc(-c2cc(OC)ccn2)c1.C[C@H]1N=C(c2ccccn2)O[C@H]1c1ccccc1.Cc1cccc(C(C)C)c1N=Cc1ccccn1. The molecule has 13 nitrogen and oxygen atoms in total. The van der Waals surface area contributed by atoms with Gasteiger partial charge in [-0.25, -0.2) is 4.99 Å². The van der Waals surface area contributed by atoms with E-state index in [0.717, 1.165) is 68.9 Å². The Bertz CT molecular complexity index is 4390. The Balaban J connectivity index is 0.000000145. The second-order valence-electron chi connectivity index (χ2n) is 28.3. The average molecular weight is 1380 g/mol. The maximum absolute atomic E-state index is 5.93. The minimum Gasteiger partial charge on any atom is -0.497 e. The van der Waals surface area contributed by atoms with Gasteiger partial charge >= 0.3 is 0 Å². The standard InChI is InChI=1S/C19H25N.C16H16N2.C16H18N2.C15H14N2O.C13H13NO2.C12H16N2/c1-18(2,3)15-9-7-8-14(12-15)17-13-16(10-11-20-17)19(4,5)6;1-2-9-15-13(6-1)7-5-10-16(15)18-12-14-8-3-4-11-17-14;1-12(2)15-9-6-7-13(3)16(15)18-11-14-8-4-5-10-17-14;1-11-14(12-7-3-2-4-8-12)18-15(17-11)13-9-5-6-10-16-13;1-15-11-5-3-4-10(8-11)13-9-12(16-2)6-7-14-13;1-2-6-11(7-3-1)14-10-12-8-4-5-9-13-12/h7-13H,1-6H3;1-4,6,8-9,11-12,16H,5,7,10H2;4-12H,1-3H3;2-11,14H,1H3;3-9H,1-2H3;4-5,8-11H,1-3,6-7H2/t;;;11-,14-;;/m...1../s1. The van der Waals surface area contributed by atoms with Crippen molar-refractivity contribution in [3.05, 3.63) is 317 Å². The Hall–Kier alpha value is -10.9. The first-order chi connectivity index (χ1) is 50.4. The number of pyridine rings is 6. The zero-order valence-electron chi connectivity index (χ0n) is 62.7. The molecule has 6 aromatic heterocycles. The first-order valence-corrected chi connectivity index (χ1v) is 36.4. The molecule has 14 rings (SSSR count). The van der Waals surface area contributed by atoms with Crippen molar-refractivity contribution >= 4 is 30.2 Å². The first kappa shape index (κ1) is 77.2. The van der Waals surface area contributed by atoms with Crippen LogP contribution in [0.15, 0.2) is 276 Å². The van der Waals surface area contributed by atoms with Crippen molar-refractivity contribution in [1.29, 1.82) is 0 Å². The average Bonchev–Trinajstić information content (AvgIpc) is 1.26. The van der Waals surface area contributed by atoms with Crippen LogP contribution in [0.3, 0.4) is 0 Å². The van der Waals surface area contributed by atoms with Crippen LogP contribution in [0.2, 0.25) is 0 Å². The number of rotatable bonds is 13. The van der Waals surface area contributed by atoms with E-state index in [1.165, 1.54) is 83.9 Å². The van der Waals surface area contributed by atoms with Crippen LogP contribution in [-0.2, 0) is 22.0 Å².